The summed E-state index contributed by atoms with van der Waals surface area (Å²) in [5.74, 6) is 0.271. The average molecular weight is 623 g/mol. The Labute approximate surface area is 267 Å². The molecule has 3 fully saturated rings. The molecular formula is C38H39FN2O3S. The van der Waals surface area contributed by atoms with E-state index in [1.54, 1.807) is 12.1 Å². The summed E-state index contributed by atoms with van der Waals surface area (Å²) in [4.78, 5) is 14.9. The quantitative estimate of drug-likeness (QED) is 0.227. The van der Waals surface area contributed by atoms with Crippen molar-refractivity contribution in [3.05, 3.63) is 95.6 Å². The number of carbonyl (C=O) groups is 1. The standard InChI is InChI=1S/C38H39FN2O3S/c1-36-19-25-21-40-41(28-11-9-27(39)10-12-28)32(25)18-26(36)8-14-30-31-15-16-38(44,37(31,2)20-33(42)35(30)36)34(43)22-45-29-13-7-23-5-3-4-6-24(23)17-29/h3-7,9-13,17-18,21,30-31,33,35,42,44H,8,14-16,19-20,22H2,1-2H3/t30?,31?,33-,35?,36?,37?,38-/m0/s1. The van der Waals surface area contributed by atoms with Crippen molar-refractivity contribution in [3.8, 4) is 5.69 Å². The lowest BCUT2D eigenvalue weighted by Crippen LogP contribution is -2.62. The second kappa shape index (κ2) is 10.4. The highest BCUT2D eigenvalue weighted by molar-refractivity contribution is 8.00. The van der Waals surface area contributed by atoms with E-state index >= 15 is 0 Å². The lowest BCUT2D eigenvalue weighted by molar-refractivity contribution is -0.177. The Bertz CT molecular complexity index is 1850. The molecule has 0 bridgehead atoms. The number of fused-ring (bicyclic) bond motifs is 7. The number of hydrogen-bond acceptors (Lipinski definition) is 5. The molecule has 4 aliphatic rings. The number of carbonyl (C=O) groups excluding carboxylic acids is 1. The SMILES string of the molecule is CC12Cc3cnn(-c4ccc(F)cc4)c3C=C1CCC1C2[C@@H](O)CC2(C)C1CC[C@]2(O)C(=O)CSc1ccc2ccccc2c1. The number of halogens is 1. The van der Waals surface area contributed by atoms with Crippen LogP contribution in [0.4, 0.5) is 4.39 Å². The monoisotopic (exact) mass is 622 g/mol. The molecule has 0 aliphatic heterocycles. The first-order valence-electron chi connectivity index (χ1n) is 16.2. The first-order chi connectivity index (χ1) is 21.6. The van der Waals surface area contributed by atoms with Gasteiger partial charge in [-0.15, -0.1) is 11.8 Å². The first kappa shape index (κ1) is 29.2. The summed E-state index contributed by atoms with van der Waals surface area (Å²) in [6.07, 6.45) is 7.85. The largest absolute Gasteiger partial charge is 0.393 e. The highest BCUT2D eigenvalue weighted by atomic mass is 32.2. The van der Waals surface area contributed by atoms with Gasteiger partial charge in [0.2, 0.25) is 0 Å². The van der Waals surface area contributed by atoms with Crippen LogP contribution in [-0.2, 0) is 11.2 Å². The molecule has 5 nitrogen and oxygen atoms in total. The van der Waals surface area contributed by atoms with Crippen LogP contribution in [0.5, 0.6) is 0 Å². The molecule has 7 heteroatoms. The predicted molar refractivity (Wildman–Crippen MR) is 176 cm³/mol. The van der Waals surface area contributed by atoms with E-state index in [0.29, 0.717) is 12.8 Å². The molecule has 3 saturated carbocycles. The summed E-state index contributed by atoms with van der Waals surface area (Å²) in [6, 6.07) is 20.8. The van der Waals surface area contributed by atoms with Crippen LogP contribution < -0.4 is 0 Å². The Balaban J connectivity index is 1.04. The van der Waals surface area contributed by atoms with Crippen LogP contribution in [-0.4, -0.2) is 43.2 Å². The van der Waals surface area contributed by atoms with E-state index in [-0.39, 0.29) is 40.5 Å². The molecule has 232 valence electrons. The number of Topliss-reactive ketones (excluding diaryl/α,β-unsaturated/α-hetero) is 1. The minimum Gasteiger partial charge on any atom is -0.393 e. The molecule has 5 unspecified atom stereocenters. The number of allylic oxidation sites excluding steroid dienone is 1. The molecular weight excluding hydrogens is 583 g/mol. The molecule has 3 aromatic carbocycles. The van der Waals surface area contributed by atoms with Crippen LogP contribution >= 0.6 is 11.8 Å². The average Bonchev–Trinajstić information content (AvgIpc) is 3.55. The van der Waals surface area contributed by atoms with Crippen LogP contribution in [0.3, 0.4) is 0 Å². The summed E-state index contributed by atoms with van der Waals surface area (Å²) in [5, 5.41) is 31.2. The van der Waals surface area contributed by atoms with Crippen LogP contribution in [0.2, 0.25) is 0 Å². The number of aromatic nitrogens is 2. The maximum absolute atomic E-state index is 13.9. The second-order valence-corrected chi connectivity index (χ2v) is 15.4. The Morgan fingerprint density at radius 2 is 1.84 bits per heavy atom. The fourth-order valence-electron chi connectivity index (χ4n) is 9.96. The Kier molecular flexibility index (Phi) is 6.73. The fraction of sp³-hybridized carbons (Fsp3) is 0.421. The van der Waals surface area contributed by atoms with Crippen molar-refractivity contribution < 1.29 is 19.4 Å². The van der Waals surface area contributed by atoms with Crippen molar-refractivity contribution in [2.45, 2.75) is 69.0 Å². The molecule has 8 rings (SSSR count). The minimum absolute atomic E-state index is 0.0438. The van der Waals surface area contributed by atoms with Gasteiger partial charge in [-0.05, 0) is 121 Å². The molecule has 45 heavy (non-hydrogen) atoms. The topological polar surface area (TPSA) is 75.3 Å². The van der Waals surface area contributed by atoms with Gasteiger partial charge in [0.15, 0.2) is 5.78 Å². The van der Waals surface area contributed by atoms with Crippen LogP contribution in [0.1, 0.15) is 57.2 Å². The van der Waals surface area contributed by atoms with Crippen molar-refractivity contribution in [1.29, 1.82) is 0 Å². The Hall–Kier alpha value is -3.26. The van der Waals surface area contributed by atoms with Crippen LogP contribution in [0.25, 0.3) is 22.5 Å². The van der Waals surface area contributed by atoms with Gasteiger partial charge in [-0.3, -0.25) is 4.79 Å². The third-order valence-corrected chi connectivity index (χ3v) is 13.2. The van der Waals surface area contributed by atoms with Gasteiger partial charge in [0, 0.05) is 10.3 Å². The summed E-state index contributed by atoms with van der Waals surface area (Å²) in [6.45, 7) is 4.37. The van der Waals surface area contributed by atoms with Crippen LogP contribution in [0, 0.1) is 34.4 Å². The number of rotatable bonds is 5. The summed E-state index contributed by atoms with van der Waals surface area (Å²) < 4.78 is 15.5. The molecule has 1 heterocycles. The van der Waals surface area contributed by atoms with E-state index in [2.05, 4.69) is 49.3 Å². The normalized spacial score (nSPS) is 33.6. The molecule has 0 saturated heterocycles. The van der Waals surface area contributed by atoms with Crippen LogP contribution in [0.15, 0.2) is 83.4 Å². The molecule has 7 atom stereocenters. The van der Waals surface area contributed by atoms with Gasteiger partial charge in [0.05, 0.1) is 29.4 Å². The third kappa shape index (κ3) is 4.34. The molecule has 1 aromatic heterocycles. The zero-order valence-electron chi connectivity index (χ0n) is 25.7. The van der Waals surface area contributed by atoms with Crippen molar-refractivity contribution >= 4 is 34.4 Å². The smallest absolute Gasteiger partial charge is 0.175 e. The third-order valence-electron chi connectivity index (χ3n) is 12.2. The molecule has 4 aromatic rings. The van der Waals surface area contributed by atoms with Gasteiger partial charge in [-0.25, -0.2) is 9.07 Å². The van der Waals surface area contributed by atoms with Crippen molar-refractivity contribution in [2.75, 3.05) is 5.75 Å². The molecule has 0 amide bonds. The van der Waals surface area contributed by atoms with Gasteiger partial charge in [-0.1, -0.05) is 49.8 Å². The number of benzene rings is 3. The van der Waals surface area contributed by atoms with Crippen molar-refractivity contribution in [2.24, 2.45) is 28.6 Å². The van der Waals surface area contributed by atoms with E-state index in [0.717, 1.165) is 52.9 Å². The fourth-order valence-corrected chi connectivity index (χ4v) is 10.9. The zero-order chi connectivity index (χ0) is 31.1. The maximum atomic E-state index is 13.9. The number of thioether (sulfide) groups is 1. The molecule has 2 N–H and O–H groups in total. The van der Waals surface area contributed by atoms with Gasteiger partial charge < -0.3 is 10.2 Å². The number of hydrogen-bond donors (Lipinski definition) is 2. The highest BCUT2D eigenvalue weighted by Crippen LogP contribution is 2.67. The van der Waals surface area contributed by atoms with Gasteiger partial charge >= 0.3 is 0 Å². The second-order valence-electron chi connectivity index (χ2n) is 14.4. The van der Waals surface area contributed by atoms with Gasteiger partial charge in [0.25, 0.3) is 0 Å². The lowest BCUT2D eigenvalue weighted by atomic mass is 9.45. The summed E-state index contributed by atoms with van der Waals surface area (Å²) in [5.41, 5.74) is 1.99. The van der Waals surface area contributed by atoms with E-state index in [1.165, 1.54) is 34.9 Å². The van der Waals surface area contributed by atoms with Gasteiger partial charge in [0.1, 0.15) is 11.4 Å². The summed E-state index contributed by atoms with van der Waals surface area (Å²) in [7, 11) is 0. The minimum atomic E-state index is -1.44. The Morgan fingerprint density at radius 3 is 2.64 bits per heavy atom. The molecule has 0 radical (unpaired) electrons. The lowest BCUT2D eigenvalue weighted by Gasteiger charge is -2.60. The van der Waals surface area contributed by atoms with Crippen molar-refractivity contribution in [1.82, 2.24) is 9.78 Å². The maximum Gasteiger partial charge on any atom is 0.175 e. The zero-order valence-corrected chi connectivity index (χ0v) is 26.6. The first-order valence-corrected chi connectivity index (χ1v) is 17.2. The number of nitrogens with zero attached hydrogens (tertiary/aromatic N) is 2. The molecule has 0 spiro atoms. The number of aliphatic hydroxyl groups is 2. The van der Waals surface area contributed by atoms with Gasteiger partial charge in [-0.2, -0.15) is 5.10 Å². The van der Waals surface area contributed by atoms with E-state index in [9.17, 15) is 19.4 Å². The number of aliphatic hydroxyl groups excluding tert-OH is 1. The summed E-state index contributed by atoms with van der Waals surface area (Å²) >= 11 is 1.49. The van der Waals surface area contributed by atoms with E-state index < -0.39 is 17.1 Å². The number of ketones is 1. The Morgan fingerprint density at radius 1 is 1.07 bits per heavy atom. The van der Waals surface area contributed by atoms with E-state index in [4.69, 9.17) is 0 Å². The predicted octanol–water partition coefficient (Wildman–Crippen LogP) is 7.41. The molecule has 4 aliphatic carbocycles. The highest BCUT2D eigenvalue weighted by Gasteiger charge is 2.68. The van der Waals surface area contributed by atoms with E-state index in [1.807, 2.05) is 29.1 Å². The van der Waals surface area contributed by atoms with Crippen molar-refractivity contribution in [3.63, 3.8) is 0 Å².